The number of ether oxygens (including phenoxy) is 1. The third kappa shape index (κ3) is 2.28. The monoisotopic (exact) mass is 201 g/mol. The summed E-state index contributed by atoms with van der Waals surface area (Å²) in [4.78, 5) is 0. The van der Waals surface area contributed by atoms with E-state index in [9.17, 15) is 0 Å². The minimum absolute atomic E-state index is 0.0592. The molecule has 0 heterocycles. The molecular weight excluding hydrogens is 186 g/mol. The Hall–Kier alpha value is -1.54. The second-order valence-corrected chi connectivity index (χ2v) is 3.77. The molecule has 0 saturated heterocycles. The van der Waals surface area contributed by atoms with E-state index < -0.39 is 0 Å². The van der Waals surface area contributed by atoms with Gasteiger partial charge in [-0.1, -0.05) is 36.4 Å². The molecule has 78 valence electrons. The molecule has 1 atom stereocenters. The molecule has 0 aliphatic carbocycles. The highest BCUT2D eigenvalue weighted by Gasteiger charge is 2.01. The number of fused-ring (bicyclic) bond motifs is 1. The number of benzene rings is 2. The Morgan fingerprint density at radius 3 is 2.67 bits per heavy atom. The summed E-state index contributed by atoms with van der Waals surface area (Å²) in [6.45, 7) is 2.49. The largest absolute Gasteiger partial charge is 0.491 e. The molecule has 0 bridgehead atoms. The van der Waals surface area contributed by atoms with E-state index in [4.69, 9.17) is 10.5 Å². The average molecular weight is 201 g/mol. The quantitative estimate of drug-likeness (QED) is 0.828. The van der Waals surface area contributed by atoms with E-state index in [0.717, 1.165) is 11.1 Å². The van der Waals surface area contributed by atoms with Gasteiger partial charge in [0.05, 0.1) is 0 Å². The maximum absolute atomic E-state index is 5.66. The predicted octanol–water partition coefficient (Wildman–Crippen LogP) is 2.57. The van der Waals surface area contributed by atoms with E-state index in [1.165, 1.54) is 5.39 Å². The van der Waals surface area contributed by atoms with Crippen molar-refractivity contribution in [3.8, 4) is 5.75 Å². The van der Waals surface area contributed by atoms with Crippen molar-refractivity contribution in [1.82, 2.24) is 0 Å². The van der Waals surface area contributed by atoms with Gasteiger partial charge in [0.25, 0.3) is 0 Å². The van der Waals surface area contributed by atoms with Crippen LogP contribution in [0.25, 0.3) is 10.8 Å². The Kier molecular flexibility index (Phi) is 2.88. The van der Waals surface area contributed by atoms with Crippen molar-refractivity contribution in [3.63, 3.8) is 0 Å². The summed E-state index contributed by atoms with van der Waals surface area (Å²) in [5.41, 5.74) is 5.66. The second-order valence-electron chi connectivity index (χ2n) is 3.77. The highest BCUT2D eigenvalue weighted by atomic mass is 16.5. The van der Waals surface area contributed by atoms with Crippen molar-refractivity contribution in [2.45, 2.75) is 13.0 Å². The summed E-state index contributed by atoms with van der Waals surface area (Å²) in [6.07, 6.45) is 0. The zero-order valence-corrected chi connectivity index (χ0v) is 8.81. The fourth-order valence-electron chi connectivity index (χ4n) is 1.54. The first kappa shape index (κ1) is 9.99. The molecule has 0 amide bonds. The van der Waals surface area contributed by atoms with Crippen LogP contribution in [0, 0.1) is 0 Å². The van der Waals surface area contributed by atoms with Gasteiger partial charge in [-0.2, -0.15) is 0 Å². The third-order valence-electron chi connectivity index (χ3n) is 2.25. The van der Waals surface area contributed by atoms with Crippen molar-refractivity contribution in [2.75, 3.05) is 6.61 Å². The maximum Gasteiger partial charge on any atom is 0.127 e. The minimum Gasteiger partial charge on any atom is -0.491 e. The molecule has 0 fully saturated rings. The van der Waals surface area contributed by atoms with Gasteiger partial charge in [-0.05, 0) is 18.4 Å². The van der Waals surface area contributed by atoms with Crippen LogP contribution < -0.4 is 10.5 Å². The van der Waals surface area contributed by atoms with Crippen molar-refractivity contribution < 1.29 is 4.74 Å². The number of hydrogen-bond donors (Lipinski definition) is 1. The van der Waals surface area contributed by atoms with E-state index >= 15 is 0 Å². The molecule has 0 aliphatic rings. The zero-order valence-electron chi connectivity index (χ0n) is 8.81. The Morgan fingerprint density at radius 2 is 1.87 bits per heavy atom. The molecular formula is C13H15NO. The standard InChI is InChI=1S/C13H15NO/c1-10(14)9-15-13-8-4-6-11-5-2-3-7-12(11)13/h2-8,10H,9,14H2,1H3/t10-/m0/s1. The van der Waals surface area contributed by atoms with Crippen LogP contribution in [0.2, 0.25) is 0 Å². The van der Waals surface area contributed by atoms with Crippen LogP contribution in [0.3, 0.4) is 0 Å². The fourth-order valence-corrected chi connectivity index (χ4v) is 1.54. The average Bonchev–Trinajstić information content (AvgIpc) is 2.26. The lowest BCUT2D eigenvalue weighted by Crippen LogP contribution is -2.23. The predicted molar refractivity (Wildman–Crippen MR) is 63.1 cm³/mol. The molecule has 2 aromatic rings. The van der Waals surface area contributed by atoms with Gasteiger partial charge in [0, 0.05) is 11.4 Å². The van der Waals surface area contributed by atoms with Crippen LogP contribution in [0.4, 0.5) is 0 Å². The fraction of sp³-hybridized carbons (Fsp3) is 0.231. The van der Waals surface area contributed by atoms with E-state index in [2.05, 4.69) is 18.2 Å². The number of rotatable bonds is 3. The van der Waals surface area contributed by atoms with Gasteiger partial charge in [0.2, 0.25) is 0 Å². The topological polar surface area (TPSA) is 35.2 Å². The number of hydrogen-bond acceptors (Lipinski definition) is 2. The van der Waals surface area contributed by atoms with Crippen LogP contribution in [0.15, 0.2) is 42.5 Å². The van der Waals surface area contributed by atoms with Gasteiger partial charge in [-0.15, -0.1) is 0 Å². The first-order valence-electron chi connectivity index (χ1n) is 5.13. The first-order chi connectivity index (χ1) is 7.27. The van der Waals surface area contributed by atoms with Gasteiger partial charge in [0.1, 0.15) is 12.4 Å². The highest BCUT2D eigenvalue weighted by Crippen LogP contribution is 2.24. The van der Waals surface area contributed by atoms with Crippen molar-refractivity contribution in [1.29, 1.82) is 0 Å². The summed E-state index contributed by atoms with van der Waals surface area (Å²) in [7, 11) is 0. The SMILES string of the molecule is C[C@H](N)COc1cccc2ccccc12. The molecule has 0 unspecified atom stereocenters. The van der Waals surface area contributed by atoms with Gasteiger partial charge in [0.15, 0.2) is 0 Å². The molecule has 2 N–H and O–H groups in total. The van der Waals surface area contributed by atoms with Gasteiger partial charge < -0.3 is 10.5 Å². The Bertz CT molecular complexity index is 446. The van der Waals surface area contributed by atoms with Crippen molar-refractivity contribution >= 4 is 10.8 Å². The lowest BCUT2D eigenvalue weighted by Gasteiger charge is -2.10. The third-order valence-corrected chi connectivity index (χ3v) is 2.25. The molecule has 0 spiro atoms. The van der Waals surface area contributed by atoms with Crippen LogP contribution in [0.5, 0.6) is 5.75 Å². The summed E-state index contributed by atoms with van der Waals surface area (Å²) in [5.74, 6) is 0.908. The molecule has 0 aromatic heterocycles. The second kappa shape index (κ2) is 4.32. The lowest BCUT2D eigenvalue weighted by atomic mass is 10.1. The molecule has 0 aliphatic heterocycles. The van der Waals surface area contributed by atoms with Crippen LogP contribution >= 0.6 is 0 Å². The molecule has 0 saturated carbocycles. The van der Waals surface area contributed by atoms with Gasteiger partial charge in [-0.25, -0.2) is 0 Å². The van der Waals surface area contributed by atoms with E-state index in [1.54, 1.807) is 0 Å². The summed E-state index contributed by atoms with van der Waals surface area (Å²) in [5, 5.41) is 2.33. The summed E-state index contributed by atoms with van der Waals surface area (Å²) in [6, 6.07) is 14.3. The zero-order chi connectivity index (χ0) is 10.7. The molecule has 15 heavy (non-hydrogen) atoms. The minimum atomic E-state index is 0.0592. The van der Waals surface area contributed by atoms with Crippen LogP contribution in [0.1, 0.15) is 6.92 Å². The van der Waals surface area contributed by atoms with E-state index in [0.29, 0.717) is 6.61 Å². The van der Waals surface area contributed by atoms with E-state index in [-0.39, 0.29) is 6.04 Å². The van der Waals surface area contributed by atoms with Gasteiger partial charge in [-0.3, -0.25) is 0 Å². The summed E-state index contributed by atoms with van der Waals surface area (Å²) >= 11 is 0. The normalized spacial score (nSPS) is 12.7. The first-order valence-corrected chi connectivity index (χ1v) is 5.13. The summed E-state index contributed by atoms with van der Waals surface area (Å²) < 4.78 is 5.66. The smallest absolute Gasteiger partial charge is 0.127 e. The van der Waals surface area contributed by atoms with E-state index in [1.807, 2.05) is 31.2 Å². The highest BCUT2D eigenvalue weighted by molar-refractivity contribution is 5.88. The molecule has 2 nitrogen and oxygen atoms in total. The van der Waals surface area contributed by atoms with Gasteiger partial charge >= 0.3 is 0 Å². The molecule has 2 heteroatoms. The van der Waals surface area contributed by atoms with Crippen molar-refractivity contribution in [2.24, 2.45) is 5.73 Å². The Balaban J connectivity index is 2.34. The van der Waals surface area contributed by atoms with Crippen LogP contribution in [-0.2, 0) is 0 Å². The van der Waals surface area contributed by atoms with Crippen molar-refractivity contribution in [3.05, 3.63) is 42.5 Å². The molecule has 2 aromatic carbocycles. The maximum atomic E-state index is 5.66. The van der Waals surface area contributed by atoms with Crippen LogP contribution in [-0.4, -0.2) is 12.6 Å². The molecule has 0 radical (unpaired) electrons. The molecule has 2 rings (SSSR count). The lowest BCUT2D eigenvalue weighted by molar-refractivity contribution is 0.299. The number of nitrogens with two attached hydrogens (primary N) is 1. The Morgan fingerprint density at radius 1 is 1.13 bits per heavy atom. The Labute approximate surface area is 89.7 Å².